The third-order valence-corrected chi connectivity index (χ3v) is 6.21. The topological polar surface area (TPSA) is 66.5 Å². The number of benzene rings is 2. The van der Waals surface area contributed by atoms with Gasteiger partial charge in [0.25, 0.3) is 5.91 Å². The SMILES string of the molecule is C[C@H](CCc1ccccc1)NC(=O)c1ccc2c(c1)C[C@H](C)N2S(C)(=O)=O. The first kappa shape index (κ1) is 19.4. The maximum absolute atomic E-state index is 12.6. The van der Waals surface area contributed by atoms with Crippen LogP contribution in [-0.2, 0) is 22.9 Å². The van der Waals surface area contributed by atoms with E-state index in [0.717, 1.165) is 18.4 Å². The first-order valence-electron chi connectivity index (χ1n) is 9.23. The Morgan fingerprint density at radius 2 is 1.93 bits per heavy atom. The van der Waals surface area contributed by atoms with Crippen LogP contribution >= 0.6 is 0 Å². The molecule has 144 valence electrons. The minimum atomic E-state index is -3.32. The molecule has 2 atom stereocenters. The summed E-state index contributed by atoms with van der Waals surface area (Å²) >= 11 is 0. The van der Waals surface area contributed by atoms with Crippen molar-refractivity contribution in [2.75, 3.05) is 10.6 Å². The van der Waals surface area contributed by atoms with Crippen LogP contribution in [0.15, 0.2) is 48.5 Å². The lowest BCUT2D eigenvalue weighted by atomic mass is 10.0. The summed E-state index contributed by atoms with van der Waals surface area (Å²) in [5, 5.41) is 3.04. The van der Waals surface area contributed by atoms with Crippen LogP contribution in [0.4, 0.5) is 5.69 Å². The first-order valence-corrected chi connectivity index (χ1v) is 11.1. The summed E-state index contributed by atoms with van der Waals surface area (Å²) in [6.07, 6.45) is 3.60. The highest BCUT2D eigenvalue weighted by Gasteiger charge is 2.32. The first-order chi connectivity index (χ1) is 12.8. The van der Waals surface area contributed by atoms with Gasteiger partial charge in [0.15, 0.2) is 0 Å². The van der Waals surface area contributed by atoms with Crippen molar-refractivity contribution in [2.24, 2.45) is 0 Å². The molecule has 0 aromatic heterocycles. The minimum Gasteiger partial charge on any atom is -0.350 e. The van der Waals surface area contributed by atoms with Gasteiger partial charge in [-0.15, -0.1) is 0 Å². The minimum absolute atomic E-state index is 0.0532. The highest BCUT2D eigenvalue weighted by molar-refractivity contribution is 7.92. The van der Waals surface area contributed by atoms with Crippen molar-refractivity contribution in [3.8, 4) is 0 Å². The second-order valence-corrected chi connectivity index (χ2v) is 9.21. The molecule has 27 heavy (non-hydrogen) atoms. The van der Waals surface area contributed by atoms with Gasteiger partial charge in [-0.2, -0.15) is 0 Å². The van der Waals surface area contributed by atoms with Gasteiger partial charge in [-0.3, -0.25) is 9.10 Å². The van der Waals surface area contributed by atoms with E-state index in [9.17, 15) is 13.2 Å². The zero-order chi connectivity index (χ0) is 19.6. The quantitative estimate of drug-likeness (QED) is 0.829. The molecule has 1 aliphatic rings. The number of carbonyl (C=O) groups is 1. The Balaban J connectivity index is 1.65. The lowest BCUT2D eigenvalue weighted by Crippen LogP contribution is -2.34. The third-order valence-electron chi connectivity index (χ3n) is 4.94. The Labute approximate surface area is 161 Å². The molecule has 1 N–H and O–H groups in total. The fraction of sp³-hybridized carbons (Fsp3) is 0.381. The Morgan fingerprint density at radius 3 is 2.59 bits per heavy atom. The Kier molecular flexibility index (Phi) is 5.56. The molecule has 0 saturated heterocycles. The van der Waals surface area contributed by atoms with E-state index in [2.05, 4.69) is 17.4 Å². The van der Waals surface area contributed by atoms with Gasteiger partial charge in [0.05, 0.1) is 11.9 Å². The van der Waals surface area contributed by atoms with Crippen molar-refractivity contribution in [2.45, 2.75) is 45.2 Å². The zero-order valence-corrected chi connectivity index (χ0v) is 16.8. The van der Waals surface area contributed by atoms with Crippen LogP contribution < -0.4 is 9.62 Å². The van der Waals surface area contributed by atoms with Crippen molar-refractivity contribution in [1.82, 2.24) is 5.32 Å². The van der Waals surface area contributed by atoms with Crippen molar-refractivity contribution in [3.63, 3.8) is 0 Å². The summed E-state index contributed by atoms with van der Waals surface area (Å²) in [4.78, 5) is 12.6. The average Bonchev–Trinajstić information content (AvgIpc) is 2.95. The number of sulfonamides is 1. The van der Waals surface area contributed by atoms with E-state index in [0.29, 0.717) is 17.7 Å². The number of fused-ring (bicyclic) bond motifs is 1. The lowest BCUT2D eigenvalue weighted by molar-refractivity contribution is 0.0938. The summed E-state index contributed by atoms with van der Waals surface area (Å²) in [5.74, 6) is -0.121. The molecule has 0 saturated carbocycles. The molecule has 6 heteroatoms. The standard InChI is InChI=1S/C21H26N2O3S/c1-15(9-10-17-7-5-4-6-8-17)22-21(24)18-11-12-20-19(14-18)13-16(2)23(20)27(3,25)26/h4-8,11-12,14-16H,9-10,13H2,1-3H3,(H,22,24)/t15-,16+/m1/s1. The number of hydrogen-bond acceptors (Lipinski definition) is 3. The number of rotatable bonds is 6. The second kappa shape index (κ2) is 7.72. The van der Waals surface area contributed by atoms with Gasteiger partial charge in [-0.25, -0.2) is 8.42 Å². The average molecular weight is 387 g/mol. The normalized spacial score (nSPS) is 17.4. The molecule has 1 amide bonds. The van der Waals surface area contributed by atoms with Crippen LogP contribution in [0.1, 0.15) is 41.8 Å². The fourth-order valence-electron chi connectivity index (χ4n) is 3.66. The van der Waals surface area contributed by atoms with Crippen LogP contribution in [0.25, 0.3) is 0 Å². The van der Waals surface area contributed by atoms with E-state index >= 15 is 0 Å². The molecule has 0 fully saturated rings. The molecule has 0 aliphatic carbocycles. The van der Waals surface area contributed by atoms with Crippen molar-refractivity contribution in [3.05, 3.63) is 65.2 Å². The molecule has 2 aromatic carbocycles. The highest BCUT2D eigenvalue weighted by Crippen LogP contribution is 2.34. The smallest absolute Gasteiger partial charge is 0.251 e. The third kappa shape index (κ3) is 4.50. The van der Waals surface area contributed by atoms with Crippen molar-refractivity contribution < 1.29 is 13.2 Å². The maximum atomic E-state index is 12.6. The number of nitrogens with zero attached hydrogens (tertiary/aromatic N) is 1. The second-order valence-electron chi connectivity index (χ2n) is 7.35. The number of aryl methyl sites for hydroxylation is 1. The Bertz CT molecular complexity index is 926. The largest absolute Gasteiger partial charge is 0.350 e. The number of anilines is 1. The van der Waals surface area contributed by atoms with E-state index in [-0.39, 0.29) is 18.0 Å². The molecule has 0 radical (unpaired) electrons. The number of amides is 1. The Hall–Kier alpha value is -2.34. The molecule has 2 aromatic rings. The van der Waals surface area contributed by atoms with Crippen LogP contribution in [-0.4, -0.2) is 32.7 Å². The molecule has 0 bridgehead atoms. The van der Waals surface area contributed by atoms with E-state index in [1.807, 2.05) is 38.1 Å². The summed E-state index contributed by atoms with van der Waals surface area (Å²) in [6, 6.07) is 15.4. The number of nitrogens with one attached hydrogen (secondary N) is 1. The summed E-state index contributed by atoms with van der Waals surface area (Å²) < 4.78 is 25.4. The maximum Gasteiger partial charge on any atom is 0.251 e. The van der Waals surface area contributed by atoms with Crippen LogP contribution in [0.3, 0.4) is 0 Å². The molecule has 3 rings (SSSR count). The number of carbonyl (C=O) groups excluding carboxylic acids is 1. The van der Waals surface area contributed by atoms with Crippen LogP contribution in [0, 0.1) is 0 Å². The molecule has 5 nitrogen and oxygen atoms in total. The zero-order valence-electron chi connectivity index (χ0n) is 16.0. The van der Waals surface area contributed by atoms with Crippen LogP contribution in [0.5, 0.6) is 0 Å². The van der Waals surface area contributed by atoms with E-state index in [4.69, 9.17) is 0 Å². The van der Waals surface area contributed by atoms with Crippen molar-refractivity contribution >= 4 is 21.6 Å². The molecule has 1 heterocycles. The van der Waals surface area contributed by atoms with Gasteiger partial charge in [-0.1, -0.05) is 30.3 Å². The van der Waals surface area contributed by atoms with Gasteiger partial charge in [0, 0.05) is 17.6 Å². The van der Waals surface area contributed by atoms with Gasteiger partial charge in [0.1, 0.15) is 0 Å². The predicted octanol–water partition coefficient (Wildman–Crippen LogP) is 3.15. The van der Waals surface area contributed by atoms with Gasteiger partial charge in [0.2, 0.25) is 10.0 Å². The summed E-state index contributed by atoms with van der Waals surface area (Å²) in [6.45, 7) is 3.88. The van der Waals surface area contributed by atoms with E-state index in [1.165, 1.54) is 16.1 Å². The van der Waals surface area contributed by atoms with Crippen molar-refractivity contribution in [1.29, 1.82) is 0 Å². The summed E-state index contributed by atoms with van der Waals surface area (Å²) in [5.41, 5.74) is 3.41. The predicted molar refractivity (Wildman–Crippen MR) is 109 cm³/mol. The lowest BCUT2D eigenvalue weighted by Gasteiger charge is -2.22. The molecular formula is C21H26N2O3S. The van der Waals surface area contributed by atoms with Crippen LogP contribution in [0.2, 0.25) is 0 Å². The monoisotopic (exact) mass is 386 g/mol. The molecule has 0 spiro atoms. The summed E-state index contributed by atoms with van der Waals surface area (Å²) in [7, 11) is -3.32. The van der Waals surface area contributed by atoms with E-state index in [1.54, 1.807) is 12.1 Å². The molecule has 0 unspecified atom stereocenters. The van der Waals surface area contributed by atoms with Gasteiger partial charge in [-0.05, 0) is 62.4 Å². The highest BCUT2D eigenvalue weighted by atomic mass is 32.2. The number of hydrogen-bond donors (Lipinski definition) is 1. The van der Waals surface area contributed by atoms with E-state index < -0.39 is 10.0 Å². The Morgan fingerprint density at radius 1 is 1.22 bits per heavy atom. The van der Waals surface area contributed by atoms with Gasteiger partial charge < -0.3 is 5.32 Å². The molecule has 1 aliphatic heterocycles. The van der Waals surface area contributed by atoms with Gasteiger partial charge >= 0.3 is 0 Å². The molecular weight excluding hydrogens is 360 g/mol. The fourth-order valence-corrected chi connectivity index (χ4v) is 4.92.